The molecule has 4 rings (SSSR count). The van der Waals surface area contributed by atoms with Crippen LogP contribution in [-0.4, -0.2) is 37.1 Å². The van der Waals surface area contributed by atoms with Crippen LogP contribution in [0, 0.1) is 5.82 Å². The van der Waals surface area contributed by atoms with Gasteiger partial charge in [0.15, 0.2) is 0 Å². The standard InChI is InChI=1S/C12H15FN2/c1-14-11-6-12(14)8-15(7-11)10-4-2-9(13)3-5-10/h2-5,11-12H,6-8H2,1H3. The Hall–Kier alpha value is -1.09. The number of likely N-dealkylation sites (N-methyl/N-ethyl adjacent to an activating group) is 1. The molecule has 2 unspecified atom stereocenters. The molecule has 3 heterocycles. The molecule has 0 saturated carbocycles. The van der Waals surface area contributed by atoms with Crippen LogP contribution in [0.1, 0.15) is 6.42 Å². The van der Waals surface area contributed by atoms with E-state index in [1.165, 1.54) is 6.42 Å². The lowest BCUT2D eigenvalue weighted by atomic mass is 9.88. The first-order chi connectivity index (χ1) is 7.24. The van der Waals surface area contributed by atoms with E-state index < -0.39 is 0 Å². The molecule has 1 aromatic carbocycles. The van der Waals surface area contributed by atoms with Gasteiger partial charge in [0, 0.05) is 30.9 Å². The van der Waals surface area contributed by atoms with E-state index in [0.29, 0.717) is 12.1 Å². The maximum Gasteiger partial charge on any atom is 0.123 e. The largest absolute Gasteiger partial charge is 0.368 e. The molecule has 3 saturated heterocycles. The van der Waals surface area contributed by atoms with Crippen molar-refractivity contribution in [3.63, 3.8) is 0 Å². The lowest BCUT2D eigenvalue weighted by molar-refractivity contribution is 0.0264. The minimum atomic E-state index is -0.155. The summed E-state index contributed by atoms with van der Waals surface area (Å²) >= 11 is 0. The number of piperazine rings is 1. The van der Waals surface area contributed by atoms with Gasteiger partial charge in [-0.1, -0.05) is 0 Å². The number of hydrogen-bond acceptors (Lipinski definition) is 2. The van der Waals surface area contributed by atoms with Gasteiger partial charge in [-0.25, -0.2) is 4.39 Å². The second kappa shape index (κ2) is 3.20. The predicted octanol–water partition coefficient (Wildman–Crippen LogP) is 1.72. The molecule has 15 heavy (non-hydrogen) atoms. The molecule has 0 spiro atoms. The Bertz CT molecular complexity index is 350. The Kier molecular flexibility index (Phi) is 1.96. The Morgan fingerprint density at radius 3 is 2.27 bits per heavy atom. The van der Waals surface area contributed by atoms with Gasteiger partial charge < -0.3 is 4.90 Å². The molecule has 2 atom stereocenters. The molecule has 0 N–H and O–H groups in total. The molecule has 3 aliphatic rings. The summed E-state index contributed by atoms with van der Waals surface area (Å²) in [4.78, 5) is 4.80. The highest BCUT2D eigenvalue weighted by molar-refractivity contribution is 5.48. The van der Waals surface area contributed by atoms with E-state index in [1.807, 2.05) is 12.1 Å². The summed E-state index contributed by atoms with van der Waals surface area (Å²) in [7, 11) is 2.20. The fourth-order valence-electron chi connectivity index (χ4n) is 2.66. The average Bonchev–Trinajstić information content (AvgIpc) is 2.29. The number of halogens is 1. The summed E-state index contributed by atoms with van der Waals surface area (Å²) in [6, 6.07) is 8.24. The van der Waals surface area contributed by atoms with Gasteiger partial charge >= 0.3 is 0 Å². The van der Waals surface area contributed by atoms with E-state index in [0.717, 1.165) is 18.8 Å². The number of nitrogens with zero attached hydrogens (tertiary/aromatic N) is 2. The van der Waals surface area contributed by atoms with Crippen LogP contribution in [0.2, 0.25) is 0 Å². The molecule has 3 heteroatoms. The van der Waals surface area contributed by atoms with Crippen molar-refractivity contribution in [3.8, 4) is 0 Å². The summed E-state index contributed by atoms with van der Waals surface area (Å²) in [5, 5.41) is 0. The Morgan fingerprint density at radius 2 is 1.73 bits per heavy atom. The SMILES string of the molecule is CN1C2CC1CN(c1ccc(F)cc1)C2. The van der Waals surface area contributed by atoms with Crippen LogP contribution in [0.4, 0.5) is 10.1 Å². The highest BCUT2D eigenvalue weighted by Gasteiger charge is 2.41. The van der Waals surface area contributed by atoms with Crippen molar-refractivity contribution < 1.29 is 4.39 Å². The number of anilines is 1. The van der Waals surface area contributed by atoms with Gasteiger partial charge in [-0.15, -0.1) is 0 Å². The second-order valence-corrected chi connectivity index (χ2v) is 4.59. The third kappa shape index (κ3) is 1.42. The van der Waals surface area contributed by atoms with Crippen LogP contribution >= 0.6 is 0 Å². The lowest BCUT2D eigenvalue weighted by Gasteiger charge is -2.55. The fraction of sp³-hybridized carbons (Fsp3) is 0.500. The first kappa shape index (κ1) is 9.16. The average molecular weight is 206 g/mol. The molecule has 3 fully saturated rings. The third-order valence-electron chi connectivity index (χ3n) is 3.75. The van der Waals surface area contributed by atoms with E-state index in [1.54, 1.807) is 12.1 Å². The Morgan fingerprint density at radius 1 is 1.13 bits per heavy atom. The Labute approximate surface area is 89.3 Å². The molecule has 0 amide bonds. The van der Waals surface area contributed by atoms with E-state index in [-0.39, 0.29) is 5.82 Å². The predicted molar refractivity (Wildman–Crippen MR) is 58.6 cm³/mol. The molecular weight excluding hydrogens is 191 g/mol. The molecule has 0 radical (unpaired) electrons. The van der Waals surface area contributed by atoms with Crippen LogP contribution in [0.3, 0.4) is 0 Å². The normalized spacial score (nSPS) is 30.1. The highest BCUT2D eigenvalue weighted by Crippen LogP contribution is 2.32. The molecule has 2 bridgehead atoms. The topological polar surface area (TPSA) is 6.48 Å². The van der Waals surface area contributed by atoms with Gasteiger partial charge in [0.05, 0.1) is 0 Å². The molecule has 0 aromatic heterocycles. The van der Waals surface area contributed by atoms with Crippen LogP contribution in [0.25, 0.3) is 0 Å². The first-order valence-electron chi connectivity index (χ1n) is 5.46. The van der Waals surface area contributed by atoms with Crippen molar-refractivity contribution in [3.05, 3.63) is 30.1 Å². The zero-order valence-corrected chi connectivity index (χ0v) is 8.86. The van der Waals surface area contributed by atoms with E-state index in [4.69, 9.17) is 0 Å². The van der Waals surface area contributed by atoms with E-state index in [2.05, 4.69) is 16.8 Å². The van der Waals surface area contributed by atoms with Gasteiger partial charge in [-0.05, 0) is 37.7 Å². The number of piperidine rings is 1. The van der Waals surface area contributed by atoms with Gasteiger partial charge in [0.25, 0.3) is 0 Å². The molecule has 0 aliphatic carbocycles. The van der Waals surface area contributed by atoms with E-state index in [9.17, 15) is 4.39 Å². The summed E-state index contributed by atoms with van der Waals surface area (Å²) in [6.07, 6.45) is 1.33. The van der Waals surface area contributed by atoms with Crippen LogP contribution in [0.5, 0.6) is 0 Å². The van der Waals surface area contributed by atoms with Gasteiger partial charge in [0.2, 0.25) is 0 Å². The summed E-state index contributed by atoms with van der Waals surface area (Å²) in [5.74, 6) is -0.155. The maximum atomic E-state index is 12.8. The van der Waals surface area contributed by atoms with Gasteiger partial charge in [-0.3, -0.25) is 4.90 Å². The fourth-order valence-corrected chi connectivity index (χ4v) is 2.66. The third-order valence-corrected chi connectivity index (χ3v) is 3.75. The zero-order chi connectivity index (χ0) is 10.4. The summed E-state index contributed by atoms with van der Waals surface area (Å²) in [6.45, 7) is 2.16. The van der Waals surface area contributed by atoms with Crippen LogP contribution in [-0.2, 0) is 0 Å². The number of fused-ring (bicyclic) bond motifs is 2. The number of rotatable bonds is 1. The minimum Gasteiger partial charge on any atom is -0.368 e. The molecule has 3 aliphatic heterocycles. The van der Waals surface area contributed by atoms with Crippen LogP contribution < -0.4 is 4.90 Å². The van der Waals surface area contributed by atoms with Crippen molar-refractivity contribution >= 4 is 5.69 Å². The van der Waals surface area contributed by atoms with Gasteiger partial charge in [0.1, 0.15) is 5.82 Å². The highest BCUT2D eigenvalue weighted by atomic mass is 19.1. The van der Waals surface area contributed by atoms with Crippen molar-refractivity contribution in [1.82, 2.24) is 4.90 Å². The molecular formula is C12H15FN2. The number of hydrogen-bond donors (Lipinski definition) is 0. The maximum absolute atomic E-state index is 12.8. The zero-order valence-electron chi connectivity index (χ0n) is 8.86. The monoisotopic (exact) mass is 206 g/mol. The number of benzene rings is 1. The van der Waals surface area contributed by atoms with Crippen LogP contribution in [0.15, 0.2) is 24.3 Å². The minimum absolute atomic E-state index is 0.155. The van der Waals surface area contributed by atoms with Crippen molar-refractivity contribution in [2.24, 2.45) is 0 Å². The van der Waals surface area contributed by atoms with Crippen molar-refractivity contribution in [2.45, 2.75) is 18.5 Å². The second-order valence-electron chi connectivity index (χ2n) is 4.59. The lowest BCUT2D eigenvalue weighted by Crippen LogP contribution is -2.67. The molecule has 80 valence electrons. The summed E-state index contributed by atoms with van der Waals surface area (Å²) in [5.41, 5.74) is 1.15. The molecule has 2 nitrogen and oxygen atoms in total. The van der Waals surface area contributed by atoms with Crippen molar-refractivity contribution in [1.29, 1.82) is 0 Å². The van der Waals surface area contributed by atoms with E-state index >= 15 is 0 Å². The Balaban J connectivity index is 1.77. The van der Waals surface area contributed by atoms with Gasteiger partial charge in [-0.2, -0.15) is 0 Å². The first-order valence-corrected chi connectivity index (χ1v) is 5.46. The molecule has 1 aromatic rings. The van der Waals surface area contributed by atoms with Crippen molar-refractivity contribution in [2.75, 3.05) is 25.0 Å². The quantitative estimate of drug-likeness (QED) is 0.690. The smallest absolute Gasteiger partial charge is 0.123 e. The summed E-state index contributed by atoms with van der Waals surface area (Å²) < 4.78 is 12.8.